The zero-order valence-corrected chi connectivity index (χ0v) is 14.7. The summed E-state index contributed by atoms with van der Waals surface area (Å²) >= 11 is 3.44. The summed E-state index contributed by atoms with van der Waals surface area (Å²) in [5, 5.41) is 15.2. The number of hydrogen-bond acceptors (Lipinski definition) is 4. The van der Waals surface area contributed by atoms with Gasteiger partial charge in [0.1, 0.15) is 11.5 Å². The van der Waals surface area contributed by atoms with E-state index in [2.05, 4.69) is 26.5 Å². The number of phenolic OH excluding ortho intramolecular Hbond substituents is 1. The average molecular weight is 399 g/mol. The molecule has 3 aromatic carbocycles. The van der Waals surface area contributed by atoms with Gasteiger partial charge in [-0.25, -0.2) is 5.43 Å². The van der Waals surface area contributed by atoms with Gasteiger partial charge in [0.25, 0.3) is 5.91 Å². The number of phenols is 1. The van der Waals surface area contributed by atoms with Crippen molar-refractivity contribution >= 4 is 38.8 Å². The Morgan fingerprint density at radius 3 is 2.60 bits per heavy atom. The number of ether oxygens (including phenoxy) is 1. The molecule has 0 heterocycles. The average Bonchev–Trinajstić information content (AvgIpc) is 2.61. The lowest BCUT2D eigenvalue weighted by Crippen LogP contribution is -2.24. The third-order valence-electron chi connectivity index (χ3n) is 3.44. The molecule has 0 unspecified atom stereocenters. The van der Waals surface area contributed by atoms with Gasteiger partial charge in [-0.3, -0.25) is 4.79 Å². The number of amides is 1. The van der Waals surface area contributed by atoms with Crippen LogP contribution in [0.1, 0.15) is 5.56 Å². The first-order valence-electron chi connectivity index (χ1n) is 7.53. The fourth-order valence-electron chi connectivity index (χ4n) is 2.20. The third-order valence-corrected chi connectivity index (χ3v) is 3.93. The van der Waals surface area contributed by atoms with Crippen molar-refractivity contribution in [3.63, 3.8) is 0 Å². The highest BCUT2D eigenvalue weighted by atomic mass is 79.9. The molecule has 3 rings (SSSR count). The molecule has 3 aromatic rings. The molecule has 1 amide bonds. The van der Waals surface area contributed by atoms with Crippen LogP contribution < -0.4 is 10.2 Å². The van der Waals surface area contributed by atoms with Gasteiger partial charge in [0.2, 0.25) is 0 Å². The highest BCUT2D eigenvalue weighted by Crippen LogP contribution is 2.24. The normalized spacial score (nSPS) is 10.9. The van der Waals surface area contributed by atoms with Crippen molar-refractivity contribution < 1.29 is 14.6 Å². The molecule has 0 spiro atoms. The monoisotopic (exact) mass is 398 g/mol. The first-order chi connectivity index (χ1) is 12.1. The van der Waals surface area contributed by atoms with Crippen LogP contribution in [-0.4, -0.2) is 23.8 Å². The Kier molecular flexibility index (Phi) is 5.30. The van der Waals surface area contributed by atoms with E-state index in [1.807, 2.05) is 36.4 Å². The van der Waals surface area contributed by atoms with Crippen molar-refractivity contribution in [2.24, 2.45) is 5.10 Å². The van der Waals surface area contributed by atoms with Gasteiger partial charge in [-0.2, -0.15) is 5.10 Å². The number of hydrogen-bond donors (Lipinski definition) is 2. The zero-order valence-electron chi connectivity index (χ0n) is 13.1. The molecule has 0 radical (unpaired) electrons. The molecule has 0 fully saturated rings. The van der Waals surface area contributed by atoms with Gasteiger partial charge in [0, 0.05) is 4.47 Å². The zero-order chi connectivity index (χ0) is 17.6. The van der Waals surface area contributed by atoms with E-state index in [1.165, 1.54) is 6.21 Å². The van der Waals surface area contributed by atoms with E-state index >= 15 is 0 Å². The van der Waals surface area contributed by atoms with E-state index in [0.717, 1.165) is 20.8 Å². The summed E-state index contributed by atoms with van der Waals surface area (Å²) in [4.78, 5) is 11.8. The maximum absolute atomic E-state index is 11.8. The molecule has 5 nitrogen and oxygen atoms in total. The van der Waals surface area contributed by atoms with Gasteiger partial charge in [0.05, 0.1) is 6.21 Å². The molecule has 6 heteroatoms. The van der Waals surface area contributed by atoms with Crippen LogP contribution >= 0.6 is 15.9 Å². The Labute approximate surface area is 153 Å². The molecule has 0 aliphatic rings. The number of halogens is 1. The van der Waals surface area contributed by atoms with E-state index < -0.39 is 0 Å². The summed E-state index contributed by atoms with van der Waals surface area (Å²) in [5.74, 6) is 0.441. The topological polar surface area (TPSA) is 70.9 Å². The minimum absolute atomic E-state index is 0.130. The van der Waals surface area contributed by atoms with Gasteiger partial charge >= 0.3 is 0 Å². The largest absolute Gasteiger partial charge is 0.508 e. The molecular weight excluding hydrogens is 384 g/mol. The van der Waals surface area contributed by atoms with Crippen molar-refractivity contribution in [1.29, 1.82) is 0 Å². The molecule has 25 heavy (non-hydrogen) atoms. The second-order valence-electron chi connectivity index (χ2n) is 5.33. The van der Waals surface area contributed by atoms with Crippen molar-refractivity contribution in [1.82, 2.24) is 5.43 Å². The van der Waals surface area contributed by atoms with Crippen LogP contribution in [0.15, 0.2) is 70.2 Å². The Bertz CT molecular complexity index is 924. The minimum Gasteiger partial charge on any atom is -0.508 e. The summed E-state index contributed by atoms with van der Waals surface area (Å²) in [5.41, 5.74) is 3.16. The first-order valence-corrected chi connectivity index (χ1v) is 8.32. The molecule has 2 N–H and O–H groups in total. The fraction of sp³-hybridized carbons (Fsp3) is 0.0526. The smallest absolute Gasteiger partial charge is 0.277 e. The summed E-state index contributed by atoms with van der Waals surface area (Å²) in [7, 11) is 0. The number of carbonyl (C=O) groups excluding carboxylic acids is 1. The standard InChI is InChI=1S/C19H15BrN2O3/c20-16-5-3-15-10-18(8-4-14(15)9-16)25-12-19(24)22-21-11-13-1-6-17(23)7-2-13/h1-11,23H,12H2,(H,22,24)/b21-11+. The molecule has 0 saturated heterocycles. The summed E-state index contributed by atoms with van der Waals surface area (Å²) in [6, 6.07) is 18.1. The molecule has 0 aromatic heterocycles. The molecule has 126 valence electrons. The van der Waals surface area contributed by atoms with Crippen LogP contribution in [0.2, 0.25) is 0 Å². The van der Waals surface area contributed by atoms with Crippen molar-refractivity contribution in [2.75, 3.05) is 6.61 Å². The van der Waals surface area contributed by atoms with E-state index in [9.17, 15) is 9.90 Å². The van der Waals surface area contributed by atoms with E-state index in [1.54, 1.807) is 24.3 Å². The highest BCUT2D eigenvalue weighted by Gasteiger charge is 2.03. The number of nitrogens with one attached hydrogen (secondary N) is 1. The Morgan fingerprint density at radius 2 is 1.80 bits per heavy atom. The van der Waals surface area contributed by atoms with Crippen molar-refractivity contribution in [3.05, 3.63) is 70.7 Å². The van der Waals surface area contributed by atoms with Crippen LogP contribution in [0, 0.1) is 0 Å². The lowest BCUT2D eigenvalue weighted by Gasteiger charge is -2.06. The van der Waals surface area contributed by atoms with Gasteiger partial charge in [-0.15, -0.1) is 0 Å². The Balaban J connectivity index is 1.53. The molecule has 0 saturated carbocycles. The maximum Gasteiger partial charge on any atom is 0.277 e. The van der Waals surface area contributed by atoms with E-state index in [0.29, 0.717) is 5.75 Å². The molecule has 0 atom stereocenters. The summed E-state index contributed by atoms with van der Waals surface area (Å²) in [6.45, 7) is -0.130. The minimum atomic E-state index is -0.356. The maximum atomic E-state index is 11.8. The predicted octanol–water partition coefficient (Wildman–Crippen LogP) is 3.84. The Morgan fingerprint density at radius 1 is 1.08 bits per heavy atom. The number of fused-ring (bicyclic) bond motifs is 1. The number of rotatable bonds is 5. The number of aromatic hydroxyl groups is 1. The first kappa shape index (κ1) is 17.0. The van der Waals surface area contributed by atoms with Crippen LogP contribution in [0.3, 0.4) is 0 Å². The second-order valence-corrected chi connectivity index (χ2v) is 6.24. The summed E-state index contributed by atoms with van der Waals surface area (Å²) < 4.78 is 6.51. The molecular formula is C19H15BrN2O3. The van der Waals surface area contributed by atoms with Gasteiger partial charge in [-0.05, 0) is 64.9 Å². The predicted molar refractivity (Wildman–Crippen MR) is 101 cm³/mol. The number of nitrogens with zero attached hydrogens (tertiary/aromatic N) is 1. The number of benzene rings is 3. The van der Waals surface area contributed by atoms with Crippen LogP contribution in [0.25, 0.3) is 10.8 Å². The van der Waals surface area contributed by atoms with Crippen molar-refractivity contribution in [2.45, 2.75) is 0 Å². The van der Waals surface area contributed by atoms with Crippen molar-refractivity contribution in [3.8, 4) is 11.5 Å². The van der Waals surface area contributed by atoms with E-state index in [-0.39, 0.29) is 18.3 Å². The highest BCUT2D eigenvalue weighted by molar-refractivity contribution is 9.10. The Hall–Kier alpha value is -2.86. The molecule has 0 bridgehead atoms. The number of carbonyl (C=O) groups is 1. The quantitative estimate of drug-likeness (QED) is 0.506. The van der Waals surface area contributed by atoms with Crippen LogP contribution in [0.4, 0.5) is 0 Å². The molecule has 0 aliphatic carbocycles. The summed E-state index contributed by atoms with van der Waals surface area (Å²) in [6.07, 6.45) is 1.49. The molecule has 0 aliphatic heterocycles. The second kappa shape index (κ2) is 7.81. The fourth-order valence-corrected chi connectivity index (χ4v) is 2.58. The van der Waals surface area contributed by atoms with Gasteiger partial charge < -0.3 is 9.84 Å². The lowest BCUT2D eigenvalue weighted by molar-refractivity contribution is -0.123. The van der Waals surface area contributed by atoms with E-state index in [4.69, 9.17) is 4.74 Å². The van der Waals surface area contributed by atoms with Crippen LogP contribution in [0.5, 0.6) is 11.5 Å². The SMILES string of the molecule is O=C(COc1ccc2cc(Br)ccc2c1)N/N=C/c1ccc(O)cc1. The number of hydrazone groups is 1. The lowest BCUT2D eigenvalue weighted by atomic mass is 10.1. The third kappa shape index (κ3) is 4.81. The van der Waals surface area contributed by atoms with Crippen LogP contribution in [-0.2, 0) is 4.79 Å². The van der Waals surface area contributed by atoms with Gasteiger partial charge in [0.15, 0.2) is 6.61 Å². The van der Waals surface area contributed by atoms with Gasteiger partial charge in [-0.1, -0.05) is 28.1 Å².